The lowest BCUT2D eigenvalue weighted by Crippen LogP contribution is -2.26. The van der Waals surface area contributed by atoms with Crippen LogP contribution in [-0.2, 0) is 17.6 Å². The Morgan fingerprint density at radius 2 is 2.04 bits per heavy atom. The Bertz CT molecular complexity index is 768. The first-order chi connectivity index (χ1) is 12.8. The van der Waals surface area contributed by atoms with Gasteiger partial charge in [-0.2, -0.15) is 0 Å². The van der Waals surface area contributed by atoms with Crippen LogP contribution >= 0.6 is 0 Å². The third kappa shape index (κ3) is 3.01. The van der Waals surface area contributed by atoms with Crippen molar-refractivity contribution in [3.8, 4) is 11.6 Å². The molecule has 2 aromatic rings. The fraction of sp³-hybridized carbons (Fsp3) is 0.600. The molecule has 1 atom stereocenters. The van der Waals surface area contributed by atoms with Gasteiger partial charge in [-0.1, -0.05) is 12.8 Å². The fourth-order valence-electron chi connectivity index (χ4n) is 4.68. The van der Waals surface area contributed by atoms with Gasteiger partial charge >= 0.3 is 0 Å². The minimum atomic E-state index is 0.118. The second kappa shape index (κ2) is 6.67. The average Bonchev–Trinajstić information content (AvgIpc) is 3.37. The molecule has 4 heterocycles. The van der Waals surface area contributed by atoms with Crippen molar-refractivity contribution < 1.29 is 9.15 Å². The Hall–Kier alpha value is -1.92. The Kier molecular flexibility index (Phi) is 4.17. The summed E-state index contributed by atoms with van der Waals surface area (Å²) in [6, 6.07) is 4.13. The van der Waals surface area contributed by atoms with E-state index in [1.165, 1.54) is 31.2 Å². The summed E-state index contributed by atoms with van der Waals surface area (Å²) in [5, 5.41) is 7.17. The molecule has 26 heavy (non-hydrogen) atoms. The molecule has 5 rings (SSSR count). The van der Waals surface area contributed by atoms with E-state index in [4.69, 9.17) is 19.1 Å². The summed E-state index contributed by atoms with van der Waals surface area (Å²) in [5.41, 5.74) is 2.50. The van der Waals surface area contributed by atoms with Crippen LogP contribution in [0.2, 0.25) is 0 Å². The lowest BCUT2D eigenvalue weighted by molar-refractivity contribution is 0.0103. The average molecular weight is 354 g/mol. The van der Waals surface area contributed by atoms with Gasteiger partial charge in [-0.05, 0) is 44.4 Å². The standard InChI is InChI=1S/C20H26N4O2/c1-2-8-20(7-1)12-14(13-26-20)22-18-15-5-9-21-10-6-16(15)23-19(24-18)17-4-3-11-25-17/h3-4,11,14,21H,1-2,5-10,12-13H2,(H,22,23,24)/t14-/m0/s1. The molecule has 0 radical (unpaired) electrons. The molecule has 2 aromatic heterocycles. The molecule has 138 valence electrons. The van der Waals surface area contributed by atoms with Gasteiger partial charge < -0.3 is 19.8 Å². The monoisotopic (exact) mass is 354 g/mol. The minimum Gasteiger partial charge on any atom is -0.461 e. The molecule has 1 saturated carbocycles. The van der Waals surface area contributed by atoms with Gasteiger partial charge in [0.25, 0.3) is 0 Å². The third-order valence-electron chi connectivity index (χ3n) is 5.99. The molecule has 0 aromatic carbocycles. The lowest BCUT2D eigenvalue weighted by Gasteiger charge is -2.22. The smallest absolute Gasteiger partial charge is 0.197 e. The zero-order valence-corrected chi connectivity index (χ0v) is 15.1. The molecule has 2 fully saturated rings. The van der Waals surface area contributed by atoms with E-state index in [9.17, 15) is 0 Å². The summed E-state index contributed by atoms with van der Waals surface area (Å²) in [6.45, 7) is 2.69. The van der Waals surface area contributed by atoms with E-state index >= 15 is 0 Å². The molecule has 0 unspecified atom stereocenters. The first-order valence-electron chi connectivity index (χ1n) is 9.86. The van der Waals surface area contributed by atoms with Gasteiger partial charge in [0.05, 0.1) is 30.2 Å². The summed E-state index contributed by atoms with van der Waals surface area (Å²) in [4.78, 5) is 9.66. The molecular weight excluding hydrogens is 328 g/mol. The van der Waals surface area contributed by atoms with Crippen molar-refractivity contribution in [1.82, 2.24) is 15.3 Å². The molecule has 6 nitrogen and oxygen atoms in total. The second-order valence-corrected chi connectivity index (χ2v) is 7.79. The molecule has 2 N–H and O–H groups in total. The van der Waals surface area contributed by atoms with Crippen LogP contribution < -0.4 is 10.6 Å². The number of furan rings is 1. The van der Waals surface area contributed by atoms with Gasteiger partial charge in [0, 0.05) is 18.5 Å². The third-order valence-corrected chi connectivity index (χ3v) is 5.99. The zero-order valence-electron chi connectivity index (χ0n) is 15.1. The Balaban J connectivity index is 1.45. The first kappa shape index (κ1) is 16.3. The molecule has 0 bridgehead atoms. The molecule has 0 amide bonds. The van der Waals surface area contributed by atoms with E-state index in [-0.39, 0.29) is 5.60 Å². The van der Waals surface area contributed by atoms with E-state index in [0.29, 0.717) is 11.9 Å². The summed E-state index contributed by atoms with van der Waals surface area (Å²) < 4.78 is 11.8. The van der Waals surface area contributed by atoms with Crippen molar-refractivity contribution in [3.63, 3.8) is 0 Å². The Morgan fingerprint density at radius 3 is 2.88 bits per heavy atom. The number of fused-ring (bicyclic) bond motifs is 1. The number of hydrogen-bond donors (Lipinski definition) is 2. The number of nitrogens with one attached hydrogen (secondary N) is 2. The van der Waals surface area contributed by atoms with Crippen LogP contribution in [0.5, 0.6) is 0 Å². The van der Waals surface area contributed by atoms with Crippen LogP contribution in [0.25, 0.3) is 11.6 Å². The van der Waals surface area contributed by atoms with E-state index in [0.717, 1.165) is 56.2 Å². The van der Waals surface area contributed by atoms with Gasteiger partial charge in [0.2, 0.25) is 0 Å². The summed E-state index contributed by atoms with van der Waals surface area (Å²) in [7, 11) is 0. The molecule has 6 heteroatoms. The Labute approximate surface area is 153 Å². The highest BCUT2D eigenvalue weighted by molar-refractivity contribution is 5.56. The summed E-state index contributed by atoms with van der Waals surface area (Å²) in [6.07, 6.45) is 9.63. The van der Waals surface area contributed by atoms with Crippen molar-refractivity contribution in [2.75, 3.05) is 25.0 Å². The van der Waals surface area contributed by atoms with Crippen molar-refractivity contribution in [2.45, 2.75) is 56.6 Å². The van der Waals surface area contributed by atoms with Crippen molar-refractivity contribution in [2.24, 2.45) is 0 Å². The maximum atomic E-state index is 6.22. The number of anilines is 1. The predicted molar refractivity (Wildman–Crippen MR) is 99.2 cm³/mol. The molecule has 1 spiro atoms. The van der Waals surface area contributed by atoms with Crippen molar-refractivity contribution in [3.05, 3.63) is 29.7 Å². The molecule has 1 aliphatic carbocycles. The largest absolute Gasteiger partial charge is 0.461 e. The highest BCUT2D eigenvalue weighted by Gasteiger charge is 2.42. The number of aromatic nitrogens is 2. The van der Waals surface area contributed by atoms with Crippen molar-refractivity contribution in [1.29, 1.82) is 0 Å². The minimum absolute atomic E-state index is 0.118. The van der Waals surface area contributed by atoms with Gasteiger partial charge in [-0.15, -0.1) is 0 Å². The Morgan fingerprint density at radius 1 is 1.15 bits per heavy atom. The predicted octanol–water partition coefficient (Wildman–Crippen LogP) is 2.94. The molecule has 3 aliphatic rings. The van der Waals surface area contributed by atoms with Gasteiger partial charge in [-0.3, -0.25) is 0 Å². The summed E-state index contributed by atoms with van der Waals surface area (Å²) in [5.74, 6) is 2.37. The van der Waals surface area contributed by atoms with Gasteiger partial charge in [0.15, 0.2) is 11.6 Å². The zero-order chi connectivity index (χ0) is 17.4. The number of nitrogens with zero attached hydrogens (tertiary/aromatic N) is 2. The van der Waals surface area contributed by atoms with E-state index in [1.807, 2.05) is 12.1 Å². The highest BCUT2D eigenvalue weighted by atomic mass is 16.5. The number of rotatable bonds is 3. The highest BCUT2D eigenvalue weighted by Crippen LogP contribution is 2.41. The van der Waals surface area contributed by atoms with E-state index < -0.39 is 0 Å². The van der Waals surface area contributed by atoms with Gasteiger partial charge in [-0.25, -0.2) is 9.97 Å². The number of hydrogen-bond acceptors (Lipinski definition) is 6. The molecule has 2 aliphatic heterocycles. The summed E-state index contributed by atoms with van der Waals surface area (Å²) >= 11 is 0. The number of ether oxygens (including phenoxy) is 1. The van der Waals surface area contributed by atoms with Crippen LogP contribution in [0.15, 0.2) is 22.8 Å². The second-order valence-electron chi connectivity index (χ2n) is 7.79. The molecular formula is C20H26N4O2. The van der Waals surface area contributed by atoms with Crippen LogP contribution in [0.4, 0.5) is 5.82 Å². The van der Waals surface area contributed by atoms with Gasteiger partial charge in [0.1, 0.15) is 5.82 Å². The lowest BCUT2D eigenvalue weighted by atomic mass is 9.96. The quantitative estimate of drug-likeness (QED) is 0.883. The molecule has 1 saturated heterocycles. The van der Waals surface area contributed by atoms with E-state index in [1.54, 1.807) is 6.26 Å². The fourth-order valence-corrected chi connectivity index (χ4v) is 4.68. The normalized spacial score (nSPS) is 24.5. The van der Waals surface area contributed by atoms with Crippen LogP contribution in [-0.4, -0.2) is 41.3 Å². The first-order valence-corrected chi connectivity index (χ1v) is 9.86. The topological polar surface area (TPSA) is 72.2 Å². The van der Waals surface area contributed by atoms with Crippen LogP contribution in [0.1, 0.15) is 43.4 Å². The maximum Gasteiger partial charge on any atom is 0.197 e. The van der Waals surface area contributed by atoms with Crippen LogP contribution in [0.3, 0.4) is 0 Å². The van der Waals surface area contributed by atoms with Crippen LogP contribution in [0, 0.1) is 0 Å². The van der Waals surface area contributed by atoms with Crippen molar-refractivity contribution >= 4 is 5.82 Å². The van der Waals surface area contributed by atoms with E-state index in [2.05, 4.69) is 10.6 Å². The SMILES string of the molecule is c1coc(-c2nc3c(c(N[C@@H]4COC5(CCCC5)C4)n2)CCNCC3)c1. The maximum absolute atomic E-state index is 6.22.